The summed E-state index contributed by atoms with van der Waals surface area (Å²) >= 11 is 0. The molecule has 1 heterocycles. The van der Waals surface area contributed by atoms with E-state index in [0.717, 1.165) is 25.0 Å². The fourth-order valence-corrected chi connectivity index (χ4v) is 9.10. The number of ether oxygens (including phenoxy) is 1. The Labute approximate surface area is 303 Å². The van der Waals surface area contributed by atoms with E-state index in [9.17, 15) is 0 Å². The van der Waals surface area contributed by atoms with Gasteiger partial charge in [0.2, 0.25) is 0 Å². The average Bonchev–Trinajstić information content (AvgIpc) is 3.51. The van der Waals surface area contributed by atoms with Crippen LogP contribution in [-0.4, -0.2) is 14.2 Å². The lowest BCUT2D eigenvalue weighted by atomic mass is 9.70. The van der Waals surface area contributed by atoms with Crippen molar-refractivity contribution in [1.82, 2.24) is 0 Å². The zero-order chi connectivity index (χ0) is 35.0. The SMILES string of the molecule is COc1ccc2c(c1)C(Cc1ccccc1)(Cc1ccccc1)/C(=C\C=C\C1=C(C)c3ccc4ccccc4c3C1(C)Cc1ccccc1)N2C. The fourth-order valence-electron chi connectivity index (χ4n) is 9.10. The van der Waals surface area contributed by atoms with Crippen LogP contribution in [0.25, 0.3) is 16.3 Å². The first-order valence-corrected chi connectivity index (χ1v) is 18.1. The molecule has 51 heavy (non-hydrogen) atoms. The van der Waals surface area contributed by atoms with Gasteiger partial charge < -0.3 is 9.64 Å². The molecular formula is C49H45NO. The van der Waals surface area contributed by atoms with Gasteiger partial charge in [-0.05, 0) is 106 Å². The number of fused-ring (bicyclic) bond motifs is 4. The molecule has 0 N–H and O–H groups in total. The first kappa shape index (κ1) is 32.6. The largest absolute Gasteiger partial charge is 0.497 e. The molecular weight excluding hydrogens is 619 g/mol. The molecule has 0 spiro atoms. The zero-order valence-corrected chi connectivity index (χ0v) is 30.1. The van der Waals surface area contributed by atoms with Crippen LogP contribution in [0.4, 0.5) is 5.69 Å². The van der Waals surface area contributed by atoms with Crippen LogP contribution in [0.2, 0.25) is 0 Å². The van der Waals surface area contributed by atoms with Crippen molar-refractivity contribution in [3.63, 3.8) is 0 Å². The van der Waals surface area contributed by atoms with Gasteiger partial charge in [-0.1, -0.05) is 146 Å². The first-order chi connectivity index (χ1) is 24.9. The summed E-state index contributed by atoms with van der Waals surface area (Å²) in [5.74, 6) is 0.887. The predicted octanol–water partition coefficient (Wildman–Crippen LogP) is 11.4. The first-order valence-electron chi connectivity index (χ1n) is 18.1. The number of anilines is 1. The Hall–Kier alpha value is -5.60. The van der Waals surface area contributed by atoms with Gasteiger partial charge in [0.25, 0.3) is 0 Å². The van der Waals surface area contributed by atoms with Gasteiger partial charge in [0.15, 0.2) is 0 Å². The molecule has 0 saturated carbocycles. The summed E-state index contributed by atoms with van der Waals surface area (Å²) < 4.78 is 5.84. The Bertz CT molecular complexity index is 2260. The molecule has 2 heteroatoms. The quantitative estimate of drug-likeness (QED) is 0.153. The minimum Gasteiger partial charge on any atom is -0.497 e. The molecule has 8 rings (SSSR count). The fraction of sp³-hybridized carbons (Fsp3) is 0.184. The number of hydrogen-bond acceptors (Lipinski definition) is 2. The number of methoxy groups -OCH3 is 1. The minimum atomic E-state index is -0.308. The van der Waals surface area contributed by atoms with Crippen LogP contribution in [0.3, 0.4) is 0 Å². The summed E-state index contributed by atoms with van der Waals surface area (Å²) in [5, 5.41) is 2.64. The van der Waals surface area contributed by atoms with Gasteiger partial charge in [0.1, 0.15) is 5.75 Å². The number of benzene rings is 6. The highest BCUT2D eigenvalue weighted by atomic mass is 16.5. The van der Waals surface area contributed by atoms with E-state index in [1.54, 1.807) is 7.11 Å². The van der Waals surface area contributed by atoms with Gasteiger partial charge in [0.05, 0.1) is 7.11 Å². The number of allylic oxidation sites excluding steroid dienone is 6. The van der Waals surface area contributed by atoms with Crippen molar-refractivity contribution in [2.45, 2.75) is 43.9 Å². The van der Waals surface area contributed by atoms with Gasteiger partial charge in [-0.25, -0.2) is 0 Å². The number of likely N-dealkylation sites (N-methyl/N-ethyl adjacent to an activating group) is 1. The molecule has 1 atom stereocenters. The minimum absolute atomic E-state index is 0.195. The van der Waals surface area contributed by atoms with Crippen molar-refractivity contribution in [3.05, 3.63) is 208 Å². The van der Waals surface area contributed by atoms with Crippen molar-refractivity contribution in [2.75, 3.05) is 19.1 Å². The molecule has 1 unspecified atom stereocenters. The number of rotatable bonds is 9. The van der Waals surface area contributed by atoms with Gasteiger partial charge in [-0.2, -0.15) is 0 Å². The molecule has 1 aliphatic carbocycles. The Morgan fingerprint density at radius 3 is 1.88 bits per heavy atom. The third-order valence-corrected chi connectivity index (χ3v) is 11.4. The van der Waals surface area contributed by atoms with Gasteiger partial charge in [0, 0.05) is 29.3 Å². The van der Waals surface area contributed by atoms with Gasteiger partial charge in [-0.15, -0.1) is 0 Å². The summed E-state index contributed by atoms with van der Waals surface area (Å²) in [6.07, 6.45) is 9.81. The number of nitrogens with zero attached hydrogens (tertiary/aromatic N) is 1. The van der Waals surface area contributed by atoms with E-state index in [4.69, 9.17) is 4.74 Å². The normalized spacial score (nSPS) is 18.5. The number of hydrogen-bond donors (Lipinski definition) is 0. The molecule has 6 aromatic rings. The van der Waals surface area contributed by atoms with Crippen molar-refractivity contribution >= 4 is 22.0 Å². The highest BCUT2D eigenvalue weighted by molar-refractivity contribution is 5.96. The Balaban J connectivity index is 1.29. The molecule has 252 valence electrons. The lowest BCUT2D eigenvalue weighted by Gasteiger charge is -2.34. The molecule has 1 aliphatic heterocycles. The van der Waals surface area contributed by atoms with Crippen LogP contribution in [0, 0.1) is 0 Å². The molecule has 0 radical (unpaired) electrons. The lowest BCUT2D eigenvalue weighted by molar-refractivity contribution is 0.412. The van der Waals surface area contributed by atoms with E-state index in [1.165, 1.54) is 66.7 Å². The monoisotopic (exact) mass is 663 g/mol. The predicted molar refractivity (Wildman–Crippen MR) is 215 cm³/mol. The highest BCUT2D eigenvalue weighted by Gasteiger charge is 2.46. The van der Waals surface area contributed by atoms with E-state index >= 15 is 0 Å². The average molecular weight is 664 g/mol. The maximum absolute atomic E-state index is 5.84. The molecule has 2 nitrogen and oxygen atoms in total. The molecule has 0 bridgehead atoms. The van der Waals surface area contributed by atoms with E-state index in [0.29, 0.717) is 0 Å². The second-order valence-electron chi connectivity index (χ2n) is 14.5. The molecule has 0 saturated heterocycles. The van der Waals surface area contributed by atoms with E-state index in [2.05, 4.69) is 190 Å². The van der Waals surface area contributed by atoms with Gasteiger partial charge >= 0.3 is 0 Å². The summed E-state index contributed by atoms with van der Waals surface area (Å²) in [4.78, 5) is 2.41. The Morgan fingerprint density at radius 2 is 1.25 bits per heavy atom. The molecule has 2 aliphatic rings. The third kappa shape index (κ3) is 5.69. The summed E-state index contributed by atoms with van der Waals surface area (Å²) in [6, 6.07) is 53.0. The van der Waals surface area contributed by atoms with Crippen molar-refractivity contribution < 1.29 is 4.74 Å². The summed E-state index contributed by atoms with van der Waals surface area (Å²) in [7, 11) is 3.99. The van der Waals surface area contributed by atoms with E-state index in [1.807, 2.05) is 0 Å². The van der Waals surface area contributed by atoms with Crippen LogP contribution in [0.15, 0.2) is 175 Å². The maximum Gasteiger partial charge on any atom is 0.119 e. The zero-order valence-electron chi connectivity index (χ0n) is 30.1. The van der Waals surface area contributed by atoms with Crippen molar-refractivity contribution in [3.8, 4) is 5.75 Å². The van der Waals surface area contributed by atoms with Crippen LogP contribution in [0.5, 0.6) is 5.75 Å². The Morgan fingerprint density at radius 1 is 0.667 bits per heavy atom. The third-order valence-electron chi connectivity index (χ3n) is 11.4. The van der Waals surface area contributed by atoms with E-state index < -0.39 is 0 Å². The second kappa shape index (κ2) is 13.3. The highest BCUT2D eigenvalue weighted by Crippen LogP contribution is 2.53. The molecule has 0 amide bonds. The lowest BCUT2D eigenvalue weighted by Crippen LogP contribution is -2.34. The molecule has 6 aromatic carbocycles. The standard InChI is InChI=1S/C49H45NO/c1-35-41-29-27-39-23-14-15-24-42(39)47(41)48(2,32-36-17-8-5-9-18-36)43(35)25-16-26-46-49(33-37-19-10-6-11-20-37,34-38-21-12-7-13-22-38)44-31-40(51-4)28-30-45(44)50(46)3/h5-31H,32-34H2,1-4H3/b25-16+,46-26+. The molecule has 0 aromatic heterocycles. The Kier molecular flexibility index (Phi) is 8.48. The summed E-state index contributed by atoms with van der Waals surface area (Å²) in [5.41, 5.74) is 12.8. The van der Waals surface area contributed by atoms with Crippen LogP contribution < -0.4 is 9.64 Å². The topological polar surface area (TPSA) is 12.5 Å². The van der Waals surface area contributed by atoms with Crippen LogP contribution in [-0.2, 0) is 30.1 Å². The van der Waals surface area contributed by atoms with Crippen LogP contribution in [0.1, 0.15) is 47.2 Å². The summed E-state index contributed by atoms with van der Waals surface area (Å²) in [6.45, 7) is 4.77. The van der Waals surface area contributed by atoms with Gasteiger partial charge in [-0.3, -0.25) is 0 Å². The van der Waals surface area contributed by atoms with Crippen molar-refractivity contribution in [2.24, 2.45) is 0 Å². The van der Waals surface area contributed by atoms with Crippen LogP contribution >= 0.6 is 0 Å². The van der Waals surface area contributed by atoms with E-state index in [-0.39, 0.29) is 10.8 Å². The second-order valence-corrected chi connectivity index (χ2v) is 14.5. The molecule has 0 fully saturated rings. The van der Waals surface area contributed by atoms with Crippen molar-refractivity contribution in [1.29, 1.82) is 0 Å². The maximum atomic E-state index is 5.84. The smallest absolute Gasteiger partial charge is 0.119 e.